The van der Waals surface area contributed by atoms with Crippen LogP contribution in [0.2, 0.25) is 0 Å². The second kappa shape index (κ2) is 6.99. The monoisotopic (exact) mass is 314 g/mol. The number of nitrogens with zero attached hydrogens (tertiary/aromatic N) is 3. The minimum atomic E-state index is 0.0105. The molecule has 1 aromatic carbocycles. The summed E-state index contributed by atoms with van der Waals surface area (Å²) >= 11 is 0. The van der Waals surface area contributed by atoms with Crippen LogP contribution in [0.5, 0.6) is 0 Å². The first kappa shape index (κ1) is 15.8. The van der Waals surface area contributed by atoms with Crippen molar-refractivity contribution in [1.82, 2.24) is 15.1 Å². The van der Waals surface area contributed by atoms with E-state index in [1.807, 2.05) is 29.2 Å². The quantitative estimate of drug-likeness (QED) is 0.886. The Kier molecular flexibility index (Phi) is 4.79. The molecule has 2 saturated heterocycles. The van der Waals surface area contributed by atoms with Gasteiger partial charge in [-0.1, -0.05) is 18.2 Å². The number of carbonyl (C=O) groups excluding carboxylic acids is 1. The molecule has 23 heavy (non-hydrogen) atoms. The largest absolute Gasteiger partial charge is 0.383 e. The van der Waals surface area contributed by atoms with Crippen LogP contribution >= 0.6 is 0 Å². The summed E-state index contributed by atoms with van der Waals surface area (Å²) in [6, 6.07) is 10.4. The van der Waals surface area contributed by atoms with Gasteiger partial charge in [-0.2, -0.15) is 5.26 Å². The van der Waals surface area contributed by atoms with Gasteiger partial charge < -0.3 is 15.0 Å². The van der Waals surface area contributed by atoms with Crippen LogP contribution < -0.4 is 5.32 Å². The highest BCUT2D eigenvalue weighted by Gasteiger charge is 2.42. The Morgan fingerprint density at radius 3 is 3.04 bits per heavy atom. The third-order valence-corrected chi connectivity index (χ3v) is 4.70. The SMILES string of the molecule is COCCN1C(=O)N[C@@H]2CN(Cc3ccccc3C#N)CC[C@@H]21. The number of likely N-dealkylation sites (tertiary alicyclic amines) is 1. The van der Waals surface area contributed by atoms with Gasteiger partial charge in [-0.05, 0) is 18.1 Å². The number of hydrogen-bond donors (Lipinski definition) is 1. The summed E-state index contributed by atoms with van der Waals surface area (Å²) in [7, 11) is 1.65. The lowest BCUT2D eigenvalue weighted by Crippen LogP contribution is -2.51. The second-order valence-electron chi connectivity index (χ2n) is 6.10. The van der Waals surface area contributed by atoms with E-state index < -0.39 is 0 Å². The van der Waals surface area contributed by atoms with Gasteiger partial charge >= 0.3 is 6.03 Å². The van der Waals surface area contributed by atoms with Crippen LogP contribution in [0.1, 0.15) is 17.5 Å². The van der Waals surface area contributed by atoms with Crippen LogP contribution in [0.3, 0.4) is 0 Å². The molecule has 2 aliphatic rings. The number of methoxy groups -OCH3 is 1. The van der Waals surface area contributed by atoms with E-state index in [9.17, 15) is 10.1 Å². The van der Waals surface area contributed by atoms with Gasteiger partial charge in [-0.25, -0.2) is 4.79 Å². The van der Waals surface area contributed by atoms with Crippen molar-refractivity contribution >= 4 is 6.03 Å². The summed E-state index contributed by atoms with van der Waals surface area (Å²) in [5.41, 5.74) is 1.78. The maximum absolute atomic E-state index is 12.1. The molecule has 0 spiro atoms. The van der Waals surface area contributed by atoms with Gasteiger partial charge in [0.2, 0.25) is 0 Å². The second-order valence-corrected chi connectivity index (χ2v) is 6.10. The van der Waals surface area contributed by atoms with Crippen molar-refractivity contribution in [3.63, 3.8) is 0 Å². The van der Waals surface area contributed by atoms with Crippen LogP contribution in [-0.4, -0.2) is 61.3 Å². The molecule has 0 aliphatic carbocycles. The number of hydrogen-bond acceptors (Lipinski definition) is 4. The van der Waals surface area contributed by atoms with Gasteiger partial charge in [-0.3, -0.25) is 4.90 Å². The zero-order chi connectivity index (χ0) is 16.2. The summed E-state index contributed by atoms with van der Waals surface area (Å²) in [6.45, 7) is 3.70. The highest BCUT2D eigenvalue weighted by atomic mass is 16.5. The molecule has 6 heteroatoms. The van der Waals surface area contributed by atoms with E-state index in [1.54, 1.807) is 7.11 Å². The molecule has 0 unspecified atom stereocenters. The number of urea groups is 1. The Hall–Kier alpha value is -2.10. The molecule has 2 fully saturated rings. The van der Waals surface area contributed by atoms with Gasteiger partial charge in [0.1, 0.15) is 0 Å². The topological polar surface area (TPSA) is 68.6 Å². The van der Waals surface area contributed by atoms with Crippen LogP contribution in [0, 0.1) is 11.3 Å². The number of fused-ring (bicyclic) bond motifs is 1. The summed E-state index contributed by atoms with van der Waals surface area (Å²) in [5.74, 6) is 0. The normalized spacial score (nSPS) is 24.2. The number of rotatable bonds is 5. The minimum absolute atomic E-state index is 0.0105. The first-order chi connectivity index (χ1) is 11.2. The molecule has 6 nitrogen and oxygen atoms in total. The highest BCUT2D eigenvalue weighted by molar-refractivity contribution is 5.77. The van der Waals surface area contributed by atoms with Crippen LogP contribution in [0.4, 0.5) is 4.79 Å². The summed E-state index contributed by atoms with van der Waals surface area (Å²) in [6.07, 6.45) is 0.946. The lowest BCUT2D eigenvalue weighted by molar-refractivity contribution is 0.111. The van der Waals surface area contributed by atoms with E-state index in [-0.39, 0.29) is 18.1 Å². The van der Waals surface area contributed by atoms with Crippen LogP contribution in [-0.2, 0) is 11.3 Å². The lowest BCUT2D eigenvalue weighted by Gasteiger charge is -2.36. The number of benzene rings is 1. The molecule has 2 amide bonds. The molecule has 0 radical (unpaired) electrons. The van der Waals surface area contributed by atoms with Crippen molar-refractivity contribution in [1.29, 1.82) is 5.26 Å². The minimum Gasteiger partial charge on any atom is -0.383 e. The number of piperidine rings is 1. The molecular weight excluding hydrogens is 292 g/mol. The molecule has 1 aromatic rings. The van der Waals surface area contributed by atoms with E-state index in [2.05, 4.69) is 16.3 Å². The lowest BCUT2D eigenvalue weighted by atomic mass is 9.98. The molecule has 0 saturated carbocycles. The van der Waals surface area contributed by atoms with E-state index >= 15 is 0 Å². The fourth-order valence-electron chi connectivity index (χ4n) is 3.52. The van der Waals surface area contributed by atoms with Gasteiger partial charge in [0, 0.05) is 33.3 Å². The summed E-state index contributed by atoms with van der Waals surface area (Å²) in [5, 5.41) is 12.3. The van der Waals surface area contributed by atoms with E-state index in [1.165, 1.54) is 0 Å². The predicted molar refractivity (Wildman–Crippen MR) is 85.7 cm³/mol. The van der Waals surface area contributed by atoms with Crippen LogP contribution in [0.15, 0.2) is 24.3 Å². The Labute approximate surface area is 136 Å². The van der Waals surface area contributed by atoms with Gasteiger partial charge in [0.15, 0.2) is 0 Å². The van der Waals surface area contributed by atoms with Gasteiger partial charge in [-0.15, -0.1) is 0 Å². The molecule has 122 valence electrons. The Morgan fingerprint density at radius 1 is 1.43 bits per heavy atom. The first-order valence-electron chi connectivity index (χ1n) is 7.99. The summed E-state index contributed by atoms with van der Waals surface area (Å²) < 4.78 is 5.09. The van der Waals surface area contributed by atoms with E-state index in [4.69, 9.17) is 4.74 Å². The van der Waals surface area contributed by atoms with E-state index in [0.29, 0.717) is 13.2 Å². The molecular formula is C17H22N4O2. The van der Waals surface area contributed by atoms with Crippen molar-refractivity contribution in [3.05, 3.63) is 35.4 Å². The molecule has 3 rings (SSSR count). The number of amides is 2. The average molecular weight is 314 g/mol. The highest BCUT2D eigenvalue weighted by Crippen LogP contribution is 2.24. The smallest absolute Gasteiger partial charge is 0.318 e. The number of nitriles is 1. The van der Waals surface area contributed by atoms with Crippen molar-refractivity contribution in [3.8, 4) is 6.07 Å². The summed E-state index contributed by atoms with van der Waals surface area (Å²) in [4.78, 5) is 16.3. The van der Waals surface area contributed by atoms with Crippen molar-refractivity contribution in [2.75, 3.05) is 33.4 Å². The number of ether oxygens (including phenoxy) is 1. The molecule has 2 aliphatic heterocycles. The third kappa shape index (κ3) is 3.31. The molecule has 2 atom stereocenters. The molecule has 0 bridgehead atoms. The van der Waals surface area contributed by atoms with E-state index in [0.717, 1.165) is 37.2 Å². The standard InChI is InChI=1S/C17H22N4O2/c1-23-9-8-21-16-6-7-20(12-15(16)19-17(21)22)11-14-5-3-2-4-13(14)10-18/h2-5,15-16H,6-9,11-12H2,1H3,(H,19,22)/t15-,16+/m1/s1. The zero-order valence-corrected chi connectivity index (χ0v) is 13.4. The maximum atomic E-state index is 12.1. The van der Waals surface area contributed by atoms with Gasteiger partial charge in [0.05, 0.1) is 30.3 Å². The van der Waals surface area contributed by atoms with Crippen molar-refractivity contribution in [2.45, 2.75) is 25.0 Å². The fraction of sp³-hybridized carbons (Fsp3) is 0.529. The first-order valence-corrected chi connectivity index (χ1v) is 7.99. The third-order valence-electron chi connectivity index (χ3n) is 4.70. The molecule has 1 N–H and O–H groups in total. The maximum Gasteiger partial charge on any atom is 0.318 e. The average Bonchev–Trinajstić information content (AvgIpc) is 2.88. The Morgan fingerprint density at radius 2 is 2.26 bits per heavy atom. The Bertz CT molecular complexity index is 613. The van der Waals surface area contributed by atoms with Gasteiger partial charge in [0.25, 0.3) is 0 Å². The number of carbonyl (C=O) groups is 1. The van der Waals surface area contributed by atoms with Crippen molar-refractivity contribution < 1.29 is 9.53 Å². The number of nitrogens with one attached hydrogen (secondary N) is 1. The van der Waals surface area contributed by atoms with Crippen LogP contribution in [0.25, 0.3) is 0 Å². The predicted octanol–water partition coefficient (Wildman–Crippen LogP) is 1.17. The molecule has 2 heterocycles. The zero-order valence-electron chi connectivity index (χ0n) is 13.4. The van der Waals surface area contributed by atoms with Crippen molar-refractivity contribution in [2.24, 2.45) is 0 Å². The molecule has 0 aromatic heterocycles. The fourth-order valence-corrected chi connectivity index (χ4v) is 3.52. The Balaban J connectivity index is 1.63.